The summed E-state index contributed by atoms with van der Waals surface area (Å²) >= 11 is 4.82. The fraction of sp³-hybridized carbons (Fsp3) is 0.273. The number of carbonyl (C=O) groups is 2. The molecule has 1 aromatic heterocycles. The van der Waals surface area contributed by atoms with Crippen LogP contribution in [0.25, 0.3) is 0 Å². The second kappa shape index (κ2) is 7.17. The summed E-state index contributed by atoms with van der Waals surface area (Å²) in [7, 11) is 0. The Morgan fingerprint density at radius 1 is 1.61 bits per heavy atom. The van der Waals surface area contributed by atoms with Gasteiger partial charge < -0.3 is 15.7 Å². The highest BCUT2D eigenvalue weighted by molar-refractivity contribution is 9.10. The standard InChI is InChI=1S/C11H13BrN2O3S/c1-2-3-9(10(15)16)14-11(17)13-5-8-4-7(12)6-18-8/h2,4,6,9H,1,3,5H2,(H,15,16)(H2,13,14,17). The van der Waals surface area contributed by atoms with Gasteiger partial charge in [0.05, 0.1) is 6.54 Å². The molecule has 0 bridgehead atoms. The lowest BCUT2D eigenvalue weighted by molar-refractivity contribution is -0.139. The minimum atomic E-state index is -1.08. The average Bonchev–Trinajstić information content (AvgIpc) is 2.72. The first-order chi connectivity index (χ1) is 8.52. The molecule has 2 amide bonds. The SMILES string of the molecule is C=CCC(NC(=O)NCc1cc(Br)cs1)C(=O)O. The lowest BCUT2D eigenvalue weighted by atomic mass is 10.2. The van der Waals surface area contributed by atoms with Crippen LogP contribution in [-0.4, -0.2) is 23.1 Å². The third-order valence-corrected chi connectivity index (χ3v) is 3.75. The van der Waals surface area contributed by atoms with Gasteiger partial charge in [-0.1, -0.05) is 6.08 Å². The summed E-state index contributed by atoms with van der Waals surface area (Å²) in [6, 6.07) is 0.440. The van der Waals surface area contributed by atoms with E-state index >= 15 is 0 Å². The Balaban J connectivity index is 2.40. The van der Waals surface area contributed by atoms with E-state index < -0.39 is 18.0 Å². The van der Waals surface area contributed by atoms with Crippen LogP contribution in [0, 0.1) is 0 Å². The minimum absolute atomic E-state index is 0.188. The second-order valence-electron chi connectivity index (χ2n) is 3.47. The van der Waals surface area contributed by atoms with E-state index in [2.05, 4.69) is 33.1 Å². The fourth-order valence-electron chi connectivity index (χ4n) is 1.21. The molecule has 0 saturated carbocycles. The van der Waals surface area contributed by atoms with Gasteiger partial charge in [-0.3, -0.25) is 0 Å². The van der Waals surface area contributed by atoms with Crippen molar-refractivity contribution in [2.45, 2.75) is 19.0 Å². The highest BCUT2D eigenvalue weighted by Gasteiger charge is 2.17. The molecule has 0 aromatic carbocycles. The van der Waals surface area contributed by atoms with Crippen molar-refractivity contribution < 1.29 is 14.7 Å². The Morgan fingerprint density at radius 2 is 2.33 bits per heavy atom. The molecule has 3 N–H and O–H groups in total. The Bertz CT molecular complexity index is 447. The van der Waals surface area contributed by atoms with Gasteiger partial charge in [0.1, 0.15) is 6.04 Å². The lowest BCUT2D eigenvalue weighted by Crippen LogP contribution is -2.45. The summed E-state index contributed by atoms with van der Waals surface area (Å²) in [5.41, 5.74) is 0. The normalized spacial score (nSPS) is 11.6. The number of urea groups is 1. The topological polar surface area (TPSA) is 78.4 Å². The molecule has 0 saturated heterocycles. The maximum Gasteiger partial charge on any atom is 0.326 e. The quantitative estimate of drug-likeness (QED) is 0.699. The number of carboxylic acid groups (broad SMARTS) is 1. The fourth-order valence-corrected chi connectivity index (χ4v) is 2.60. The Labute approximate surface area is 117 Å². The maximum atomic E-state index is 11.5. The predicted octanol–water partition coefficient (Wildman–Crippen LogP) is 2.34. The van der Waals surface area contributed by atoms with Crippen LogP contribution in [0.3, 0.4) is 0 Å². The van der Waals surface area contributed by atoms with E-state index in [-0.39, 0.29) is 6.42 Å². The summed E-state index contributed by atoms with van der Waals surface area (Å²) in [5, 5.41) is 15.7. The lowest BCUT2D eigenvalue weighted by Gasteiger charge is -2.12. The number of amides is 2. The first-order valence-corrected chi connectivity index (χ1v) is 6.81. The number of hydrogen-bond acceptors (Lipinski definition) is 3. The third-order valence-electron chi connectivity index (χ3n) is 2.05. The molecule has 5 nitrogen and oxygen atoms in total. The largest absolute Gasteiger partial charge is 0.480 e. The number of carboxylic acids is 1. The van der Waals surface area contributed by atoms with Crippen LogP contribution in [0.15, 0.2) is 28.6 Å². The van der Waals surface area contributed by atoms with Crippen molar-refractivity contribution in [3.05, 3.63) is 33.5 Å². The van der Waals surface area contributed by atoms with Crippen molar-refractivity contribution >= 4 is 39.3 Å². The Morgan fingerprint density at radius 3 is 2.83 bits per heavy atom. The van der Waals surface area contributed by atoms with E-state index in [1.54, 1.807) is 0 Å². The van der Waals surface area contributed by atoms with Gasteiger partial charge in [-0.05, 0) is 28.4 Å². The Kier molecular flexibility index (Phi) is 5.87. The Hall–Kier alpha value is -1.34. The molecule has 0 fully saturated rings. The third kappa shape index (κ3) is 4.89. The van der Waals surface area contributed by atoms with Crippen molar-refractivity contribution in [3.63, 3.8) is 0 Å². The molecule has 1 atom stereocenters. The van der Waals surface area contributed by atoms with E-state index in [0.717, 1.165) is 9.35 Å². The van der Waals surface area contributed by atoms with Gasteiger partial charge in [-0.15, -0.1) is 17.9 Å². The van der Waals surface area contributed by atoms with E-state index in [9.17, 15) is 9.59 Å². The van der Waals surface area contributed by atoms with Crippen molar-refractivity contribution in [1.29, 1.82) is 0 Å². The first-order valence-electron chi connectivity index (χ1n) is 5.14. The molecule has 18 heavy (non-hydrogen) atoms. The van der Waals surface area contributed by atoms with Gasteiger partial charge in [-0.2, -0.15) is 0 Å². The predicted molar refractivity (Wildman–Crippen MR) is 73.6 cm³/mol. The van der Waals surface area contributed by atoms with Gasteiger partial charge in [0, 0.05) is 14.7 Å². The van der Waals surface area contributed by atoms with Crippen LogP contribution in [0.1, 0.15) is 11.3 Å². The maximum absolute atomic E-state index is 11.5. The molecule has 0 aliphatic rings. The minimum Gasteiger partial charge on any atom is -0.480 e. The van der Waals surface area contributed by atoms with Crippen LogP contribution in [0.4, 0.5) is 4.79 Å². The highest BCUT2D eigenvalue weighted by atomic mass is 79.9. The molecule has 1 aromatic rings. The summed E-state index contributed by atoms with van der Waals surface area (Å²) in [5.74, 6) is -1.08. The summed E-state index contributed by atoms with van der Waals surface area (Å²) < 4.78 is 0.958. The zero-order valence-corrected chi connectivity index (χ0v) is 11.9. The van der Waals surface area contributed by atoms with Crippen molar-refractivity contribution in [3.8, 4) is 0 Å². The number of nitrogens with one attached hydrogen (secondary N) is 2. The number of aliphatic carboxylic acids is 1. The van der Waals surface area contributed by atoms with E-state index in [4.69, 9.17) is 5.11 Å². The van der Waals surface area contributed by atoms with Crippen molar-refractivity contribution in [2.75, 3.05) is 0 Å². The van der Waals surface area contributed by atoms with E-state index in [0.29, 0.717) is 6.54 Å². The van der Waals surface area contributed by atoms with Crippen molar-refractivity contribution in [1.82, 2.24) is 10.6 Å². The van der Waals surface area contributed by atoms with E-state index in [1.807, 2.05) is 11.4 Å². The van der Waals surface area contributed by atoms with Gasteiger partial charge in [-0.25, -0.2) is 9.59 Å². The average molecular weight is 333 g/mol. The van der Waals surface area contributed by atoms with Crippen LogP contribution >= 0.6 is 27.3 Å². The molecular weight excluding hydrogens is 320 g/mol. The molecule has 7 heteroatoms. The zero-order valence-electron chi connectivity index (χ0n) is 9.48. The summed E-state index contributed by atoms with van der Waals surface area (Å²) in [4.78, 5) is 23.3. The first kappa shape index (κ1) is 14.7. The number of carbonyl (C=O) groups excluding carboxylic acids is 1. The molecule has 98 valence electrons. The van der Waals surface area contributed by atoms with Gasteiger partial charge in [0.15, 0.2) is 0 Å². The molecule has 1 rings (SSSR count). The molecule has 1 heterocycles. The zero-order chi connectivity index (χ0) is 13.5. The second-order valence-corrected chi connectivity index (χ2v) is 5.38. The summed E-state index contributed by atoms with van der Waals surface area (Å²) in [6.07, 6.45) is 1.64. The van der Waals surface area contributed by atoms with Gasteiger partial charge >= 0.3 is 12.0 Å². The van der Waals surface area contributed by atoms with Crippen LogP contribution in [0.2, 0.25) is 0 Å². The van der Waals surface area contributed by atoms with Gasteiger partial charge in [0.2, 0.25) is 0 Å². The number of halogens is 1. The van der Waals surface area contributed by atoms with Gasteiger partial charge in [0.25, 0.3) is 0 Å². The number of thiophene rings is 1. The summed E-state index contributed by atoms with van der Waals surface area (Å²) in [6.45, 7) is 3.81. The molecule has 0 spiro atoms. The van der Waals surface area contributed by atoms with Crippen LogP contribution in [-0.2, 0) is 11.3 Å². The van der Waals surface area contributed by atoms with Crippen LogP contribution in [0.5, 0.6) is 0 Å². The number of rotatable bonds is 6. The molecule has 0 radical (unpaired) electrons. The monoisotopic (exact) mass is 332 g/mol. The molecule has 1 unspecified atom stereocenters. The van der Waals surface area contributed by atoms with Crippen molar-refractivity contribution in [2.24, 2.45) is 0 Å². The van der Waals surface area contributed by atoms with Crippen LogP contribution < -0.4 is 10.6 Å². The van der Waals surface area contributed by atoms with E-state index in [1.165, 1.54) is 17.4 Å². The number of hydrogen-bond donors (Lipinski definition) is 3. The molecule has 0 aliphatic carbocycles. The highest BCUT2D eigenvalue weighted by Crippen LogP contribution is 2.19. The smallest absolute Gasteiger partial charge is 0.326 e. The molecular formula is C11H13BrN2O3S. The molecule has 0 aliphatic heterocycles.